The lowest BCUT2D eigenvalue weighted by Crippen LogP contribution is -2.17. The van der Waals surface area contributed by atoms with Gasteiger partial charge in [-0.25, -0.2) is 0 Å². The van der Waals surface area contributed by atoms with Gasteiger partial charge in [0.05, 0.1) is 16.4 Å². The van der Waals surface area contributed by atoms with Crippen molar-refractivity contribution < 1.29 is 9.72 Å². The zero-order valence-corrected chi connectivity index (χ0v) is 11.4. The number of amidine groups is 1. The molecule has 0 saturated heterocycles. The van der Waals surface area contributed by atoms with Gasteiger partial charge in [-0.15, -0.1) is 0 Å². The topological polar surface area (TPSA) is 122 Å². The minimum absolute atomic E-state index is 0.0127. The van der Waals surface area contributed by atoms with Gasteiger partial charge in [0.15, 0.2) is 5.17 Å². The van der Waals surface area contributed by atoms with Crippen LogP contribution in [0.2, 0.25) is 0 Å². The van der Waals surface area contributed by atoms with E-state index in [0.29, 0.717) is 10.2 Å². The number of hydrogen-bond acceptors (Lipinski definition) is 5. The first kappa shape index (κ1) is 14.5. The number of carbonyl (C=O) groups excluding carboxylic acids is 1. The zero-order chi connectivity index (χ0) is 13.7. The summed E-state index contributed by atoms with van der Waals surface area (Å²) in [7, 11) is 0. The van der Waals surface area contributed by atoms with E-state index in [2.05, 4.69) is 21.2 Å². The van der Waals surface area contributed by atoms with E-state index in [1.165, 1.54) is 18.2 Å². The molecule has 9 heteroatoms. The first-order valence-corrected chi connectivity index (χ1v) is 6.38. The molecule has 0 aromatic heterocycles. The minimum Gasteiger partial charge on any atom is -0.379 e. The maximum Gasteiger partial charge on any atom is 0.270 e. The number of thioether (sulfide) groups is 1. The van der Waals surface area contributed by atoms with Gasteiger partial charge in [-0.3, -0.25) is 20.3 Å². The van der Waals surface area contributed by atoms with E-state index in [-0.39, 0.29) is 22.5 Å². The summed E-state index contributed by atoms with van der Waals surface area (Å²) in [5.41, 5.74) is 5.45. The molecule has 1 amide bonds. The van der Waals surface area contributed by atoms with Crippen molar-refractivity contribution in [3.05, 3.63) is 32.8 Å². The Bertz CT molecular complexity index is 509. The van der Waals surface area contributed by atoms with Crippen molar-refractivity contribution in [2.45, 2.75) is 0 Å². The maximum atomic E-state index is 11.4. The maximum absolute atomic E-state index is 11.4. The summed E-state index contributed by atoms with van der Waals surface area (Å²) in [6, 6.07) is 4.02. The van der Waals surface area contributed by atoms with Crippen molar-refractivity contribution in [3.8, 4) is 0 Å². The highest BCUT2D eigenvalue weighted by atomic mass is 79.9. The van der Waals surface area contributed by atoms with E-state index in [0.717, 1.165) is 11.8 Å². The Morgan fingerprint density at radius 1 is 1.61 bits per heavy atom. The van der Waals surface area contributed by atoms with Crippen LogP contribution in [0, 0.1) is 15.5 Å². The molecule has 4 N–H and O–H groups in total. The molecule has 7 nitrogen and oxygen atoms in total. The molecular formula is C9H9BrN4O3S. The number of nitrogens with zero attached hydrogens (tertiary/aromatic N) is 1. The number of halogens is 1. The fraction of sp³-hybridized carbons (Fsp3) is 0.111. The number of nitrogens with one attached hydrogen (secondary N) is 2. The molecule has 0 aliphatic rings. The summed E-state index contributed by atoms with van der Waals surface area (Å²) in [5, 5.41) is 19.9. The van der Waals surface area contributed by atoms with Gasteiger partial charge < -0.3 is 11.1 Å². The summed E-state index contributed by atoms with van der Waals surface area (Å²) < 4.78 is 0.415. The molecule has 1 aromatic rings. The van der Waals surface area contributed by atoms with Gasteiger partial charge in [-0.2, -0.15) is 0 Å². The second-order valence-corrected chi connectivity index (χ2v) is 4.99. The molecule has 0 heterocycles. The highest BCUT2D eigenvalue weighted by molar-refractivity contribution is 9.10. The van der Waals surface area contributed by atoms with Gasteiger partial charge in [0, 0.05) is 16.6 Å². The van der Waals surface area contributed by atoms with Gasteiger partial charge >= 0.3 is 0 Å². The zero-order valence-electron chi connectivity index (χ0n) is 8.97. The predicted molar refractivity (Wildman–Crippen MR) is 73.8 cm³/mol. The Balaban J connectivity index is 2.70. The average molecular weight is 333 g/mol. The molecule has 0 fully saturated rings. The number of amides is 1. The normalized spacial score (nSPS) is 9.83. The van der Waals surface area contributed by atoms with E-state index in [1.54, 1.807) is 0 Å². The molecule has 96 valence electrons. The van der Waals surface area contributed by atoms with Gasteiger partial charge in [-0.1, -0.05) is 11.8 Å². The quantitative estimate of drug-likeness (QED) is 0.336. The van der Waals surface area contributed by atoms with Crippen LogP contribution in [0.5, 0.6) is 0 Å². The van der Waals surface area contributed by atoms with E-state index >= 15 is 0 Å². The number of benzene rings is 1. The van der Waals surface area contributed by atoms with Crippen molar-refractivity contribution in [2.75, 3.05) is 11.1 Å². The number of nitro groups is 1. The standard InChI is InChI=1S/C9H9BrN4O3S/c10-6-3-5(14(16)17)1-2-7(6)13-8(15)4-18-9(11)12/h1-3H,4H2,(H3,11,12)(H,13,15). The minimum atomic E-state index is -0.526. The first-order valence-electron chi connectivity index (χ1n) is 4.60. The molecule has 0 radical (unpaired) electrons. The van der Waals surface area contributed by atoms with Crippen LogP contribution < -0.4 is 11.1 Å². The van der Waals surface area contributed by atoms with E-state index in [1.807, 2.05) is 0 Å². The Morgan fingerprint density at radius 3 is 2.78 bits per heavy atom. The van der Waals surface area contributed by atoms with Crippen LogP contribution in [0.1, 0.15) is 0 Å². The molecule has 0 saturated carbocycles. The Morgan fingerprint density at radius 2 is 2.28 bits per heavy atom. The number of non-ortho nitro benzene ring substituents is 1. The fourth-order valence-corrected chi connectivity index (χ4v) is 1.87. The van der Waals surface area contributed by atoms with Gasteiger partial charge in [-0.05, 0) is 22.0 Å². The number of nitro benzene ring substituents is 1. The van der Waals surface area contributed by atoms with Crippen molar-refractivity contribution in [3.63, 3.8) is 0 Å². The molecular weight excluding hydrogens is 324 g/mol. The Hall–Kier alpha value is -1.61. The Labute approximate surface area is 115 Å². The number of anilines is 1. The van der Waals surface area contributed by atoms with Crippen LogP contribution in [0.15, 0.2) is 22.7 Å². The summed E-state index contributed by atoms with van der Waals surface area (Å²) in [6.45, 7) is 0. The summed E-state index contributed by atoms with van der Waals surface area (Å²) in [6.07, 6.45) is 0. The van der Waals surface area contributed by atoms with Crippen molar-refractivity contribution in [1.82, 2.24) is 0 Å². The van der Waals surface area contributed by atoms with Gasteiger partial charge in [0.1, 0.15) is 0 Å². The Kier molecular flexibility index (Phi) is 5.10. The fourth-order valence-electron chi connectivity index (χ4n) is 1.05. The van der Waals surface area contributed by atoms with Crippen LogP contribution in [0.4, 0.5) is 11.4 Å². The third-order valence-electron chi connectivity index (χ3n) is 1.80. The summed E-state index contributed by atoms with van der Waals surface area (Å²) in [5.74, 6) is -0.330. The van der Waals surface area contributed by atoms with E-state index in [9.17, 15) is 14.9 Å². The molecule has 0 aliphatic heterocycles. The van der Waals surface area contributed by atoms with Crippen LogP contribution >= 0.6 is 27.7 Å². The van der Waals surface area contributed by atoms with Crippen molar-refractivity contribution >= 4 is 50.1 Å². The molecule has 1 aromatic carbocycles. The molecule has 0 unspecified atom stereocenters. The molecule has 0 bridgehead atoms. The van der Waals surface area contributed by atoms with E-state index < -0.39 is 4.92 Å². The largest absolute Gasteiger partial charge is 0.379 e. The number of hydrogen-bond donors (Lipinski definition) is 3. The van der Waals surface area contributed by atoms with Crippen molar-refractivity contribution in [2.24, 2.45) is 5.73 Å². The van der Waals surface area contributed by atoms with Crippen molar-refractivity contribution in [1.29, 1.82) is 5.41 Å². The lowest BCUT2D eigenvalue weighted by atomic mass is 10.3. The first-order chi connectivity index (χ1) is 8.40. The third kappa shape index (κ3) is 4.34. The lowest BCUT2D eigenvalue weighted by molar-refractivity contribution is -0.384. The highest BCUT2D eigenvalue weighted by Gasteiger charge is 2.11. The molecule has 0 aliphatic carbocycles. The number of carbonyl (C=O) groups is 1. The number of nitrogens with two attached hydrogens (primary N) is 1. The molecule has 1 rings (SSSR count). The number of rotatable bonds is 4. The highest BCUT2D eigenvalue weighted by Crippen LogP contribution is 2.27. The van der Waals surface area contributed by atoms with Gasteiger partial charge in [0.25, 0.3) is 5.69 Å². The van der Waals surface area contributed by atoms with Crippen LogP contribution in [0.3, 0.4) is 0 Å². The van der Waals surface area contributed by atoms with E-state index in [4.69, 9.17) is 11.1 Å². The third-order valence-corrected chi connectivity index (χ3v) is 3.17. The SMILES string of the molecule is N=C(N)SCC(=O)Nc1ccc([N+](=O)[O-])cc1Br. The lowest BCUT2D eigenvalue weighted by Gasteiger charge is -2.06. The monoisotopic (exact) mass is 332 g/mol. The van der Waals surface area contributed by atoms with Crippen LogP contribution in [0.25, 0.3) is 0 Å². The second-order valence-electron chi connectivity index (χ2n) is 3.12. The van der Waals surface area contributed by atoms with Crippen LogP contribution in [-0.4, -0.2) is 21.8 Å². The average Bonchev–Trinajstić information content (AvgIpc) is 2.29. The summed E-state index contributed by atoms with van der Waals surface area (Å²) >= 11 is 4.03. The molecule has 18 heavy (non-hydrogen) atoms. The summed E-state index contributed by atoms with van der Waals surface area (Å²) in [4.78, 5) is 21.4. The predicted octanol–water partition coefficient (Wildman–Crippen LogP) is 1.92. The van der Waals surface area contributed by atoms with Gasteiger partial charge in [0.2, 0.25) is 5.91 Å². The smallest absolute Gasteiger partial charge is 0.270 e. The van der Waals surface area contributed by atoms with Crippen LogP contribution in [-0.2, 0) is 4.79 Å². The second kappa shape index (κ2) is 6.36. The molecule has 0 atom stereocenters. The molecule has 0 spiro atoms.